The molecule has 1 saturated heterocycles. The second-order valence-electron chi connectivity index (χ2n) is 6.39. The van der Waals surface area contributed by atoms with Crippen LogP contribution in [0.25, 0.3) is 5.65 Å². The Bertz CT molecular complexity index is 1060. The predicted molar refractivity (Wildman–Crippen MR) is 107 cm³/mol. The first-order valence-corrected chi connectivity index (χ1v) is 11.6. The van der Waals surface area contributed by atoms with Gasteiger partial charge in [-0.2, -0.15) is 4.31 Å². The number of halogens is 1. The monoisotopic (exact) mass is 422 g/mol. The van der Waals surface area contributed by atoms with Crippen molar-refractivity contribution >= 4 is 39.0 Å². The number of pyridine rings is 1. The molecule has 3 heterocycles. The quantitative estimate of drug-likeness (QED) is 0.584. The van der Waals surface area contributed by atoms with Crippen LogP contribution < -0.4 is 0 Å². The van der Waals surface area contributed by atoms with E-state index in [-0.39, 0.29) is 4.90 Å². The molecule has 0 spiro atoms. The lowest BCUT2D eigenvalue weighted by atomic mass is 10.2. The third-order valence-electron chi connectivity index (χ3n) is 4.62. The van der Waals surface area contributed by atoms with Crippen LogP contribution in [-0.4, -0.2) is 40.4 Å². The maximum absolute atomic E-state index is 13.1. The third kappa shape index (κ3) is 3.71. The number of sulfonamides is 1. The number of thioether (sulfide) groups is 1. The van der Waals surface area contributed by atoms with Crippen LogP contribution in [0.3, 0.4) is 0 Å². The van der Waals surface area contributed by atoms with Gasteiger partial charge in [-0.1, -0.05) is 48.0 Å². The van der Waals surface area contributed by atoms with Crippen molar-refractivity contribution in [2.45, 2.75) is 35.1 Å². The molecule has 0 amide bonds. The molecule has 1 aromatic carbocycles. The topological polar surface area (TPSA) is 67.6 Å². The average molecular weight is 423 g/mol. The van der Waals surface area contributed by atoms with Gasteiger partial charge in [0.15, 0.2) is 10.8 Å². The number of aromatic nitrogens is 3. The lowest BCUT2D eigenvalue weighted by Gasteiger charge is -2.25. The SMILES string of the molecule is O=S(=O)(c1cccn2c(SCc3ccccc3Cl)nnc12)N1CCCCC1. The van der Waals surface area contributed by atoms with Crippen LogP contribution in [0.5, 0.6) is 0 Å². The van der Waals surface area contributed by atoms with Gasteiger partial charge in [0.2, 0.25) is 10.0 Å². The van der Waals surface area contributed by atoms with Gasteiger partial charge in [0.25, 0.3) is 0 Å². The van der Waals surface area contributed by atoms with E-state index in [1.165, 1.54) is 11.8 Å². The first-order chi connectivity index (χ1) is 13.1. The second kappa shape index (κ2) is 7.79. The van der Waals surface area contributed by atoms with E-state index < -0.39 is 10.0 Å². The van der Waals surface area contributed by atoms with E-state index in [9.17, 15) is 8.42 Å². The number of nitrogens with zero attached hydrogens (tertiary/aromatic N) is 4. The molecule has 0 atom stereocenters. The Morgan fingerprint density at radius 1 is 1.04 bits per heavy atom. The standard InChI is InChI=1S/C18H19ClN4O2S2/c19-15-8-3-2-7-14(15)13-26-18-21-20-17-16(9-6-12-23(17)18)27(24,25)22-10-4-1-5-11-22/h2-3,6-9,12H,1,4-5,10-11,13H2. The highest BCUT2D eigenvalue weighted by Crippen LogP contribution is 2.28. The number of rotatable bonds is 5. The molecule has 1 fully saturated rings. The van der Waals surface area contributed by atoms with Crippen molar-refractivity contribution in [3.8, 4) is 0 Å². The van der Waals surface area contributed by atoms with Crippen LogP contribution in [-0.2, 0) is 15.8 Å². The Labute approximate surface area is 167 Å². The molecule has 2 aromatic heterocycles. The van der Waals surface area contributed by atoms with Gasteiger partial charge in [-0.05, 0) is 36.6 Å². The molecule has 0 bridgehead atoms. The summed E-state index contributed by atoms with van der Waals surface area (Å²) in [6.45, 7) is 1.12. The summed E-state index contributed by atoms with van der Waals surface area (Å²) in [6.07, 6.45) is 4.66. The molecule has 0 N–H and O–H groups in total. The second-order valence-corrected chi connectivity index (χ2v) is 9.65. The van der Waals surface area contributed by atoms with Crippen LogP contribution in [0.4, 0.5) is 0 Å². The number of piperidine rings is 1. The normalized spacial score (nSPS) is 16.0. The maximum Gasteiger partial charge on any atom is 0.246 e. The van der Waals surface area contributed by atoms with Gasteiger partial charge in [-0.15, -0.1) is 10.2 Å². The highest BCUT2D eigenvalue weighted by Gasteiger charge is 2.29. The summed E-state index contributed by atoms with van der Waals surface area (Å²) >= 11 is 7.69. The zero-order valence-electron chi connectivity index (χ0n) is 14.6. The van der Waals surface area contributed by atoms with Crippen molar-refractivity contribution in [3.05, 3.63) is 53.2 Å². The minimum absolute atomic E-state index is 0.212. The zero-order valence-corrected chi connectivity index (χ0v) is 17.0. The molecule has 27 heavy (non-hydrogen) atoms. The predicted octanol–water partition coefficient (Wildman–Crippen LogP) is 3.85. The summed E-state index contributed by atoms with van der Waals surface area (Å²) in [5, 5.41) is 9.72. The molecule has 0 aliphatic carbocycles. The first-order valence-electron chi connectivity index (χ1n) is 8.77. The fourth-order valence-electron chi connectivity index (χ4n) is 3.17. The summed E-state index contributed by atoms with van der Waals surface area (Å²) in [6, 6.07) is 11.0. The van der Waals surface area contributed by atoms with E-state index in [0.29, 0.717) is 34.7 Å². The van der Waals surface area contributed by atoms with Crippen molar-refractivity contribution in [1.29, 1.82) is 0 Å². The molecule has 9 heteroatoms. The van der Waals surface area contributed by atoms with Crippen molar-refractivity contribution < 1.29 is 8.42 Å². The summed E-state index contributed by atoms with van der Waals surface area (Å²) < 4.78 is 29.4. The molecule has 1 aliphatic rings. The van der Waals surface area contributed by atoms with E-state index in [1.807, 2.05) is 24.3 Å². The van der Waals surface area contributed by atoms with Gasteiger partial charge >= 0.3 is 0 Å². The fourth-order valence-corrected chi connectivity index (χ4v) is 6.01. The fraction of sp³-hybridized carbons (Fsp3) is 0.333. The van der Waals surface area contributed by atoms with E-state index in [4.69, 9.17) is 11.6 Å². The Kier molecular flexibility index (Phi) is 5.41. The van der Waals surface area contributed by atoms with E-state index >= 15 is 0 Å². The Morgan fingerprint density at radius 3 is 2.59 bits per heavy atom. The van der Waals surface area contributed by atoms with Crippen molar-refractivity contribution in [2.24, 2.45) is 0 Å². The summed E-state index contributed by atoms with van der Waals surface area (Å²) in [5.74, 6) is 0.629. The largest absolute Gasteiger partial charge is 0.276 e. The maximum atomic E-state index is 13.1. The highest BCUT2D eigenvalue weighted by atomic mass is 35.5. The van der Waals surface area contributed by atoms with Crippen LogP contribution >= 0.6 is 23.4 Å². The molecule has 6 nitrogen and oxygen atoms in total. The van der Waals surface area contributed by atoms with Crippen LogP contribution in [0, 0.1) is 0 Å². The van der Waals surface area contributed by atoms with Gasteiger partial charge in [0.05, 0.1) is 0 Å². The van der Waals surface area contributed by atoms with Gasteiger partial charge in [-0.3, -0.25) is 4.40 Å². The molecular weight excluding hydrogens is 404 g/mol. The number of benzene rings is 1. The van der Waals surface area contributed by atoms with E-state index in [2.05, 4.69) is 10.2 Å². The van der Waals surface area contributed by atoms with Gasteiger partial charge < -0.3 is 0 Å². The molecule has 142 valence electrons. The molecular formula is C18H19ClN4O2S2. The van der Waals surface area contributed by atoms with Crippen molar-refractivity contribution in [3.63, 3.8) is 0 Å². The lowest BCUT2D eigenvalue weighted by Crippen LogP contribution is -2.35. The van der Waals surface area contributed by atoms with Crippen LogP contribution in [0.1, 0.15) is 24.8 Å². The molecule has 0 radical (unpaired) electrons. The Morgan fingerprint density at radius 2 is 1.81 bits per heavy atom. The molecule has 0 saturated carbocycles. The number of fused-ring (bicyclic) bond motifs is 1. The Balaban J connectivity index is 1.64. The van der Waals surface area contributed by atoms with E-state index in [0.717, 1.165) is 24.8 Å². The summed E-state index contributed by atoms with van der Waals surface area (Å²) in [5.41, 5.74) is 1.36. The van der Waals surface area contributed by atoms with Crippen LogP contribution in [0.2, 0.25) is 5.02 Å². The number of hydrogen-bond donors (Lipinski definition) is 0. The third-order valence-corrected chi connectivity index (χ3v) is 7.90. The molecule has 1 aliphatic heterocycles. The lowest BCUT2D eigenvalue weighted by molar-refractivity contribution is 0.347. The van der Waals surface area contributed by atoms with Crippen molar-refractivity contribution in [1.82, 2.24) is 18.9 Å². The van der Waals surface area contributed by atoms with Crippen LogP contribution in [0.15, 0.2) is 52.6 Å². The van der Waals surface area contributed by atoms with Crippen molar-refractivity contribution in [2.75, 3.05) is 13.1 Å². The van der Waals surface area contributed by atoms with Gasteiger partial charge in [-0.25, -0.2) is 8.42 Å². The minimum Gasteiger partial charge on any atom is -0.276 e. The summed E-state index contributed by atoms with van der Waals surface area (Å²) in [4.78, 5) is 0.212. The van der Waals surface area contributed by atoms with Gasteiger partial charge in [0, 0.05) is 30.1 Å². The Hall–Kier alpha value is -1.61. The number of hydrogen-bond acceptors (Lipinski definition) is 5. The zero-order chi connectivity index (χ0) is 18.9. The average Bonchev–Trinajstić information content (AvgIpc) is 3.11. The first kappa shape index (κ1) is 18.7. The van der Waals surface area contributed by atoms with E-state index in [1.54, 1.807) is 27.0 Å². The minimum atomic E-state index is -3.57. The highest BCUT2D eigenvalue weighted by molar-refractivity contribution is 7.98. The molecule has 0 unspecified atom stereocenters. The smallest absolute Gasteiger partial charge is 0.246 e. The summed E-state index contributed by atoms with van der Waals surface area (Å²) in [7, 11) is -3.57. The molecule has 3 aromatic rings. The molecule has 4 rings (SSSR count). The van der Waals surface area contributed by atoms with Gasteiger partial charge in [0.1, 0.15) is 4.90 Å².